The average molecular weight is 209 g/mol. The van der Waals surface area contributed by atoms with Gasteiger partial charge in [-0.05, 0) is 13.3 Å². The van der Waals surface area contributed by atoms with Gasteiger partial charge in [-0.3, -0.25) is 14.7 Å². The Morgan fingerprint density at radius 2 is 2.33 bits per heavy atom. The van der Waals surface area contributed by atoms with Gasteiger partial charge in [0.25, 0.3) is 0 Å². The molecule has 0 spiro atoms. The lowest BCUT2D eigenvalue weighted by molar-refractivity contribution is -0.139. The van der Waals surface area contributed by atoms with E-state index in [4.69, 9.17) is 5.11 Å². The number of hydrogen-bond acceptors (Lipinski definition) is 3. The summed E-state index contributed by atoms with van der Waals surface area (Å²) in [6, 6.07) is 1.69. The number of aromatic nitrogens is 2. The zero-order valence-electron chi connectivity index (χ0n) is 8.15. The molecule has 80 valence electrons. The quantitative estimate of drug-likeness (QED) is 0.670. The molecule has 0 aromatic carbocycles. The topological polar surface area (TPSA) is 95.1 Å². The number of amides is 1. The van der Waals surface area contributed by atoms with Crippen molar-refractivity contribution in [3.63, 3.8) is 0 Å². The largest absolute Gasteiger partial charge is 0.481 e. The zero-order valence-corrected chi connectivity index (χ0v) is 8.15. The van der Waals surface area contributed by atoms with Crippen LogP contribution < -0.4 is 5.32 Å². The van der Waals surface area contributed by atoms with Crippen LogP contribution in [0.4, 0.5) is 5.82 Å². The Hall–Kier alpha value is -1.85. The molecule has 0 saturated heterocycles. The van der Waals surface area contributed by atoms with Crippen LogP contribution in [0.1, 0.15) is 12.1 Å². The van der Waals surface area contributed by atoms with E-state index < -0.39 is 17.8 Å². The van der Waals surface area contributed by atoms with E-state index in [0.29, 0.717) is 12.2 Å². The number of aryl methyl sites for hydroxylation is 1. The zero-order chi connectivity index (χ0) is 11.0. The summed E-state index contributed by atoms with van der Waals surface area (Å²) in [7, 11) is 0. The molecule has 6 nitrogen and oxygen atoms in total. The molecule has 1 aliphatic rings. The minimum atomic E-state index is -0.909. The lowest BCUT2D eigenvalue weighted by atomic mass is 10.3. The lowest BCUT2D eigenvalue weighted by Gasteiger charge is -1.98. The van der Waals surface area contributed by atoms with Gasteiger partial charge in [0.1, 0.15) is 0 Å². The summed E-state index contributed by atoms with van der Waals surface area (Å²) >= 11 is 0. The Bertz CT molecular complexity index is 412. The molecule has 1 aromatic heterocycles. The number of aromatic amines is 1. The van der Waals surface area contributed by atoms with Gasteiger partial charge in [-0.2, -0.15) is 5.10 Å². The number of carbonyl (C=O) groups is 2. The standard InChI is InChI=1S/C9H11N3O3/c1-4-2-7(12-11-4)10-8(13)5-3-6(5)9(14)15/h2,5-6H,3H2,1H3,(H,14,15)(H2,10,11,12,13)/t5-,6+/m1/s1. The number of carboxylic acids is 1. The van der Waals surface area contributed by atoms with Crippen LogP contribution >= 0.6 is 0 Å². The first-order valence-electron chi connectivity index (χ1n) is 4.63. The summed E-state index contributed by atoms with van der Waals surface area (Å²) in [5, 5.41) is 17.7. The number of carbonyl (C=O) groups excluding carboxylic acids is 1. The third kappa shape index (κ3) is 1.98. The van der Waals surface area contributed by atoms with E-state index >= 15 is 0 Å². The second kappa shape index (κ2) is 3.38. The van der Waals surface area contributed by atoms with Crippen LogP contribution in [0.2, 0.25) is 0 Å². The smallest absolute Gasteiger partial charge is 0.307 e. The number of carboxylic acid groups (broad SMARTS) is 1. The van der Waals surface area contributed by atoms with E-state index in [1.165, 1.54) is 0 Å². The van der Waals surface area contributed by atoms with Crippen LogP contribution in [0, 0.1) is 18.8 Å². The molecule has 1 aliphatic carbocycles. The summed E-state index contributed by atoms with van der Waals surface area (Å²) in [6.07, 6.45) is 0.421. The summed E-state index contributed by atoms with van der Waals surface area (Å²) in [6.45, 7) is 1.82. The average Bonchev–Trinajstić information content (AvgIpc) is 2.86. The summed E-state index contributed by atoms with van der Waals surface area (Å²) in [5.41, 5.74) is 0.843. The first-order valence-corrected chi connectivity index (χ1v) is 4.63. The molecule has 2 atom stereocenters. The van der Waals surface area contributed by atoms with Gasteiger partial charge < -0.3 is 10.4 Å². The van der Waals surface area contributed by atoms with Crippen molar-refractivity contribution in [1.82, 2.24) is 10.2 Å². The molecule has 0 aliphatic heterocycles. The number of nitrogens with one attached hydrogen (secondary N) is 2. The molecule has 0 unspecified atom stereocenters. The van der Waals surface area contributed by atoms with E-state index in [2.05, 4.69) is 15.5 Å². The van der Waals surface area contributed by atoms with Crippen molar-refractivity contribution < 1.29 is 14.7 Å². The maximum Gasteiger partial charge on any atom is 0.307 e. The highest BCUT2D eigenvalue weighted by Crippen LogP contribution is 2.39. The number of nitrogens with zero attached hydrogens (tertiary/aromatic N) is 1. The highest BCUT2D eigenvalue weighted by Gasteiger charge is 2.48. The molecule has 3 N–H and O–H groups in total. The predicted octanol–water partition coefficient (Wildman–Crippen LogP) is 0.377. The fourth-order valence-corrected chi connectivity index (χ4v) is 1.46. The fraction of sp³-hybridized carbons (Fsp3) is 0.444. The van der Waals surface area contributed by atoms with Crippen LogP contribution in [0.15, 0.2) is 6.07 Å². The molecule has 6 heteroatoms. The van der Waals surface area contributed by atoms with Crippen LogP contribution in [0.3, 0.4) is 0 Å². The Kier molecular flexibility index (Phi) is 2.18. The SMILES string of the molecule is Cc1cc(NC(=O)[C@@H]2C[C@@H]2C(=O)O)n[nH]1. The maximum atomic E-state index is 11.5. The Morgan fingerprint density at radius 3 is 2.80 bits per heavy atom. The molecule has 1 aromatic rings. The van der Waals surface area contributed by atoms with Crippen molar-refractivity contribution in [2.45, 2.75) is 13.3 Å². The minimum Gasteiger partial charge on any atom is -0.481 e. The molecule has 15 heavy (non-hydrogen) atoms. The fourth-order valence-electron chi connectivity index (χ4n) is 1.46. The minimum absolute atomic E-state index is 0.270. The van der Waals surface area contributed by atoms with Crippen molar-refractivity contribution in [2.75, 3.05) is 5.32 Å². The summed E-state index contributed by atoms with van der Waals surface area (Å²) in [4.78, 5) is 22.0. The number of anilines is 1. The summed E-state index contributed by atoms with van der Waals surface area (Å²) in [5.74, 6) is -1.67. The van der Waals surface area contributed by atoms with E-state index in [0.717, 1.165) is 5.69 Å². The van der Waals surface area contributed by atoms with Crippen LogP contribution in [-0.4, -0.2) is 27.2 Å². The number of aliphatic carboxylic acids is 1. The van der Waals surface area contributed by atoms with Gasteiger partial charge in [-0.25, -0.2) is 0 Å². The van der Waals surface area contributed by atoms with Crippen molar-refractivity contribution in [3.05, 3.63) is 11.8 Å². The first kappa shape index (κ1) is 9.70. The van der Waals surface area contributed by atoms with Crippen molar-refractivity contribution in [1.29, 1.82) is 0 Å². The van der Waals surface area contributed by atoms with E-state index in [-0.39, 0.29) is 5.91 Å². The van der Waals surface area contributed by atoms with Gasteiger partial charge in [-0.1, -0.05) is 0 Å². The van der Waals surface area contributed by atoms with E-state index in [9.17, 15) is 9.59 Å². The van der Waals surface area contributed by atoms with Gasteiger partial charge in [0.05, 0.1) is 11.8 Å². The number of hydrogen-bond donors (Lipinski definition) is 3. The Labute approximate surface area is 85.7 Å². The second-order valence-electron chi connectivity index (χ2n) is 3.71. The van der Waals surface area contributed by atoms with Gasteiger partial charge >= 0.3 is 5.97 Å². The molecular weight excluding hydrogens is 198 g/mol. The molecular formula is C9H11N3O3. The second-order valence-corrected chi connectivity index (χ2v) is 3.71. The Balaban J connectivity index is 1.92. The highest BCUT2D eigenvalue weighted by atomic mass is 16.4. The van der Waals surface area contributed by atoms with Gasteiger partial charge in [-0.15, -0.1) is 0 Å². The predicted molar refractivity (Wildman–Crippen MR) is 51.2 cm³/mol. The van der Waals surface area contributed by atoms with E-state index in [1.54, 1.807) is 6.07 Å². The van der Waals surface area contributed by atoms with Gasteiger partial charge in [0.2, 0.25) is 5.91 Å². The van der Waals surface area contributed by atoms with Crippen molar-refractivity contribution in [3.8, 4) is 0 Å². The van der Waals surface area contributed by atoms with Crippen LogP contribution in [0.25, 0.3) is 0 Å². The molecule has 2 rings (SSSR count). The maximum absolute atomic E-state index is 11.5. The number of rotatable bonds is 3. The van der Waals surface area contributed by atoms with Crippen molar-refractivity contribution >= 4 is 17.7 Å². The molecule has 0 radical (unpaired) electrons. The number of H-pyrrole nitrogens is 1. The molecule has 1 fully saturated rings. The monoisotopic (exact) mass is 209 g/mol. The normalized spacial score (nSPS) is 23.5. The van der Waals surface area contributed by atoms with E-state index in [1.807, 2.05) is 6.92 Å². The first-order chi connectivity index (χ1) is 7.08. The van der Waals surface area contributed by atoms with Crippen LogP contribution in [0.5, 0.6) is 0 Å². The Morgan fingerprint density at radius 1 is 1.60 bits per heavy atom. The van der Waals surface area contributed by atoms with Crippen LogP contribution in [-0.2, 0) is 9.59 Å². The van der Waals surface area contributed by atoms with Gasteiger partial charge in [0.15, 0.2) is 5.82 Å². The molecule has 1 heterocycles. The third-order valence-electron chi connectivity index (χ3n) is 2.40. The third-order valence-corrected chi connectivity index (χ3v) is 2.40. The summed E-state index contributed by atoms with van der Waals surface area (Å²) < 4.78 is 0. The lowest BCUT2D eigenvalue weighted by Crippen LogP contribution is -2.16. The highest BCUT2D eigenvalue weighted by molar-refractivity contribution is 5.97. The van der Waals surface area contributed by atoms with Crippen molar-refractivity contribution in [2.24, 2.45) is 11.8 Å². The molecule has 0 bridgehead atoms. The van der Waals surface area contributed by atoms with Gasteiger partial charge in [0, 0.05) is 11.8 Å². The molecule has 1 amide bonds. The molecule has 1 saturated carbocycles.